The first-order chi connectivity index (χ1) is 15.3. The molecule has 0 bridgehead atoms. The number of anilines is 1. The molecular formula is C23H15Cl2F2N3O2. The summed E-state index contributed by atoms with van der Waals surface area (Å²) in [5, 5.41) is 16.6. The van der Waals surface area contributed by atoms with Crippen molar-refractivity contribution in [2.24, 2.45) is 0 Å². The average Bonchev–Trinajstić information content (AvgIpc) is 3.20. The monoisotopic (exact) mass is 473 g/mol. The molecule has 1 heterocycles. The van der Waals surface area contributed by atoms with Gasteiger partial charge in [-0.2, -0.15) is 5.10 Å². The van der Waals surface area contributed by atoms with Crippen LogP contribution in [0.4, 0.5) is 14.5 Å². The minimum Gasteiger partial charge on any atom is -0.478 e. The predicted molar refractivity (Wildman–Crippen MR) is 120 cm³/mol. The molecule has 0 saturated heterocycles. The minimum absolute atomic E-state index is 0.104. The Hall–Kier alpha value is -3.42. The number of hydrogen-bond donors (Lipinski definition) is 2. The third-order valence-electron chi connectivity index (χ3n) is 4.75. The van der Waals surface area contributed by atoms with Crippen LogP contribution in [0.2, 0.25) is 10.0 Å². The van der Waals surface area contributed by atoms with Gasteiger partial charge in [-0.05, 0) is 60.7 Å². The molecule has 32 heavy (non-hydrogen) atoms. The van der Waals surface area contributed by atoms with Crippen molar-refractivity contribution in [3.05, 3.63) is 99.7 Å². The van der Waals surface area contributed by atoms with Gasteiger partial charge in [-0.1, -0.05) is 23.2 Å². The summed E-state index contributed by atoms with van der Waals surface area (Å²) in [5.41, 5.74) is 3.38. The summed E-state index contributed by atoms with van der Waals surface area (Å²) in [7, 11) is 0. The molecule has 4 aromatic rings. The van der Waals surface area contributed by atoms with E-state index in [0.717, 1.165) is 5.56 Å². The molecule has 4 rings (SSSR count). The molecule has 162 valence electrons. The fraction of sp³-hybridized carbons (Fsp3) is 0.0435. The summed E-state index contributed by atoms with van der Waals surface area (Å²) in [6, 6.07) is 15.0. The number of rotatable bonds is 6. The lowest BCUT2D eigenvalue weighted by Crippen LogP contribution is -2.00. The number of carboxylic acid groups (broad SMARTS) is 1. The summed E-state index contributed by atoms with van der Waals surface area (Å²) >= 11 is 11.7. The predicted octanol–water partition coefficient (Wildman–Crippen LogP) is 6.43. The summed E-state index contributed by atoms with van der Waals surface area (Å²) < 4.78 is 28.7. The van der Waals surface area contributed by atoms with Gasteiger partial charge >= 0.3 is 5.97 Å². The molecule has 0 unspecified atom stereocenters. The van der Waals surface area contributed by atoms with Crippen LogP contribution in [0.25, 0.3) is 16.9 Å². The fourth-order valence-electron chi connectivity index (χ4n) is 3.13. The molecule has 0 atom stereocenters. The van der Waals surface area contributed by atoms with Gasteiger partial charge in [0.15, 0.2) is 5.82 Å². The van der Waals surface area contributed by atoms with Gasteiger partial charge in [-0.3, -0.25) is 0 Å². The number of hydrogen-bond acceptors (Lipinski definition) is 3. The largest absolute Gasteiger partial charge is 0.478 e. The second-order valence-electron chi connectivity index (χ2n) is 6.91. The van der Waals surface area contributed by atoms with Gasteiger partial charge in [0.05, 0.1) is 27.0 Å². The highest BCUT2D eigenvalue weighted by Gasteiger charge is 2.14. The number of nitrogens with one attached hydrogen (secondary N) is 1. The van der Waals surface area contributed by atoms with E-state index in [1.54, 1.807) is 35.1 Å². The fourth-order valence-corrected chi connectivity index (χ4v) is 3.62. The Morgan fingerprint density at radius 2 is 1.62 bits per heavy atom. The first kappa shape index (κ1) is 21.8. The normalized spacial score (nSPS) is 10.9. The van der Waals surface area contributed by atoms with Crippen LogP contribution in [-0.4, -0.2) is 20.9 Å². The van der Waals surface area contributed by atoms with Crippen LogP contribution < -0.4 is 5.32 Å². The molecule has 0 amide bonds. The second-order valence-corrected chi connectivity index (χ2v) is 7.73. The number of benzene rings is 3. The SMILES string of the molecule is O=C(O)c1ccc(-n2cc(CNc3cc(Cl)c(F)c(Cl)c3)c(-c3ccc(F)cc3)n2)cc1. The van der Waals surface area contributed by atoms with Crippen LogP contribution in [0, 0.1) is 11.6 Å². The van der Waals surface area contributed by atoms with Gasteiger partial charge in [0, 0.05) is 29.6 Å². The highest BCUT2D eigenvalue weighted by Crippen LogP contribution is 2.29. The van der Waals surface area contributed by atoms with Crippen LogP contribution in [-0.2, 0) is 6.54 Å². The van der Waals surface area contributed by atoms with E-state index < -0.39 is 11.8 Å². The Morgan fingerprint density at radius 1 is 1.00 bits per heavy atom. The Morgan fingerprint density at radius 3 is 2.22 bits per heavy atom. The maximum atomic E-state index is 13.7. The molecule has 0 aliphatic heterocycles. The van der Waals surface area contributed by atoms with Crippen molar-refractivity contribution in [1.29, 1.82) is 0 Å². The number of halogens is 4. The molecule has 2 N–H and O–H groups in total. The Labute approximate surface area is 191 Å². The van der Waals surface area contributed by atoms with E-state index in [4.69, 9.17) is 28.3 Å². The van der Waals surface area contributed by atoms with E-state index >= 15 is 0 Å². The van der Waals surface area contributed by atoms with Crippen LogP contribution in [0.5, 0.6) is 0 Å². The average molecular weight is 474 g/mol. The molecule has 9 heteroatoms. The number of nitrogens with zero attached hydrogens (tertiary/aromatic N) is 2. The molecule has 0 fully saturated rings. The van der Waals surface area contributed by atoms with E-state index in [2.05, 4.69) is 10.4 Å². The first-order valence-corrected chi connectivity index (χ1v) is 10.1. The standard InChI is InChI=1S/C23H15Cl2F2N3O2/c24-19-9-17(10-20(25)21(19)27)28-11-15-12-30(18-7-3-14(4-8-18)23(31)32)29-22(15)13-1-5-16(26)6-2-13/h1-10,12,28H,11H2,(H,31,32). The minimum atomic E-state index is -1.02. The molecule has 0 radical (unpaired) electrons. The van der Waals surface area contributed by atoms with Crippen molar-refractivity contribution in [3.8, 4) is 16.9 Å². The highest BCUT2D eigenvalue weighted by atomic mass is 35.5. The number of aromatic carboxylic acids is 1. The molecule has 1 aromatic heterocycles. The lowest BCUT2D eigenvalue weighted by Gasteiger charge is -2.08. The topological polar surface area (TPSA) is 67.2 Å². The van der Waals surface area contributed by atoms with E-state index in [1.165, 1.54) is 36.4 Å². The Bertz CT molecular complexity index is 1270. The van der Waals surface area contributed by atoms with Gasteiger partial charge in [-0.15, -0.1) is 0 Å². The zero-order valence-electron chi connectivity index (χ0n) is 16.3. The van der Waals surface area contributed by atoms with Crippen LogP contribution in [0.15, 0.2) is 66.9 Å². The number of carbonyl (C=O) groups is 1. The van der Waals surface area contributed by atoms with Crippen molar-refractivity contribution in [1.82, 2.24) is 9.78 Å². The van der Waals surface area contributed by atoms with E-state index in [1.807, 2.05) is 0 Å². The molecule has 0 aliphatic carbocycles. The highest BCUT2D eigenvalue weighted by molar-refractivity contribution is 6.35. The lowest BCUT2D eigenvalue weighted by molar-refractivity contribution is 0.0697. The van der Waals surface area contributed by atoms with E-state index in [9.17, 15) is 13.6 Å². The van der Waals surface area contributed by atoms with Crippen LogP contribution in [0.3, 0.4) is 0 Å². The number of carboxylic acids is 1. The summed E-state index contributed by atoms with van der Waals surface area (Å²) in [6.45, 7) is 0.290. The number of aromatic nitrogens is 2. The van der Waals surface area contributed by atoms with E-state index in [0.29, 0.717) is 22.6 Å². The van der Waals surface area contributed by atoms with Crippen molar-refractivity contribution >= 4 is 34.9 Å². The van der Waals surface area contributed by atoms with Gasteiger partial charge in [0.2, 0.25) is 0 Å². The maximum absolute atomic E-state index is 13.7. The third-order valence-corrected chi connectivity index (χ3v) is 5.30. The van der Waals surface area contributed by atoms with Gasteiger partial charge in [0.1, 0.15) is 5.82 Å². The second kappa shape index (κ2) is 8.98. The van der Waals surface area contributed by atoms with Crippen molar-refractivity contribution in [2.45, 2.75) is 6.54 Å². The third kappa shape index (κ3) is 4.59. The summed E-state index contributed by atoms with van der Waals surface area (Å²) in [5.74, 6) is -2.08. The zero-order valence-corrected chi connectivity index (χ0v) is 17.8. The quantitative estimate of drug-likeness (QED) is 0.316. The van der Waals surface area contributed by atoms with E-state index in [-0.39, 0.29) is 28.0 Å². The van der Waals surface area contributed by atoms with Crippen LogP contribution >= 0.6 is 23.2 Å². The molecule has 0 aliphatic rings. The molecule has 3 aromatic carbocycles. The van der Waals surface area contributed by atoms with Crippen LogP contribution in [0.1, 0.15) is 15.9 Å². The lowest BCUT2D eigenvalue weighted by atomic mass is 10.1. The van der Waals surface area contributed by atoms with Gasteiger partial charge in [-0.25, -0.2) is 18.3 Å². The van der Waals surface area contributed by atoms with Gasteiger partial charge < -0.3 is 10.4 Å². The zero-order chi connectivity index (χ0) is 22.8. The summed E-state index contributed by atoms with van der Waals surface area (Å²) in [6.07, 6.45) is 1.77. The Balaban J connectivity index is 1.69. The Kier molecular flexibility index (Phi) is 6.12. The molecule has 0 saturated carbocycles. The van der Waals surface area contributed by atoms with Gasteiger partial charge in [0.25, 0.3) is 0 Å². The first-order valence-electron chi connectivity index (χ1n) is 9.38. The van der Waals surface area contributed by atoms with Crippen molar-refractivity contribution in [2.75, 3.05) is 5.32 Å². The summed E-state index contributed by atoms with van der Waals surface area (Å²) in [4.78, 5) is 11.1. The van der Waals surface area contributed by atoms with Crippen molar-refractivity contribution < 1.29 is 18.7 Å². The molecule has 0 spiro atoms. The maximum Gasteiger partial charge on any atom is 0.335 e. The smallest absolute Gasteiger partial charge is 0.335 e. The molecule has 5 nitrogen and oxygen atoms in total. The van der Waals surface area contributed by atoms with Crippen molar-refractivity contribution in [3.63, 3.8) is 0 Å². The molecular weight excluding hydrogens is 459 g/mol.